The van der Waals surface area contributed by atoms with E-state index in [0.29, 0.717) is 5.15 Å². The monoisotopic (exact) mass is 397 g/mol. The molecule has 0 unspecified atom stereocenters. The van der Waals surface area contributed by atoms with E-state index in [2.05, 4.69) is 37.0 Å². The molecule has 0 radical (unpaired) electrons. The lowest BCUT2D eigenvalue weighted by atomic mass is 9.88. The zero-order valence-corrected chi connectivity index (χ0v) is 17.8. The minimum absolute atomic E-state index is 0.0239. The lowest BCUT2D eigenvalue weighted by Crippen LogP contribution is -2.29. The smallest absolute Gasteiger partial charge is 0.328 e. The molecule has 0 amide bonds. The fourth-order valence-electron chi connectivity index (χ4n) is 3.96. The SMILES string of the molecule is CC(C)c1cc(C2=CC(C)(C)Oc3cc(Cl)ncc32)cc2c1n(C)c(=O)n2C. The van der Waals surface area contributed by atoms with Crippen molar-refractivity contribution in [2.45, 2.75) is 39.2 Å². The van der Waals surface area contributed by atoms with E-state index in [1.165, 1.54) is 0 Å². The number of aromatic nitrogens is 3. The van der Waals surface area contributed by atoms with Crippen LogP contribution in [0.4, 0.5) is 0 Å². The predicted molar refractivity (Wildman–Crippen MR) is 113 cm³/mol. The Labute approximate surface area is 169 Å². The Hall–Kier alpha value is -2.53. The van der Waals surface area contributed by atoms with Gasteiger partial charge in [-0.05, 0) is 54.7 Å². The Bertz CT molecular complexity index is 1200. The van der Waals surface area contributed by atoms with Gasteiger partial charge in [0.2, 0.25) is 0 Å². The molecule has 0 aliphatic carbocycles. The normalized spacial score (nSPS) is 15.5. The van der Waals surface area contributed by atoms with E-state index in [9.17, 15) is 4.79 Å². The third kappa shape index (κ3) is 2.85. The maximum absolute atomic E-state index is 12.6. The molecule has 28 heavy (non-hydrogen) atoms. The van der Waals surface area contributed by atoms with Crippen LogP contribution >= 0.6 is 11.6 Å². The van der Waals surface area contributed by atoms with Gasteiger partial charge < -0.3 is 4.74 Å². The molecule has 4 rings (SSSR count). The number of pyridine rings is 1. The Morgan fingerprint density at radius 3 is 2.54 bits per heavy atom. The first kappa shape index (κ1) is 18.8. The topological polar surface area (TPSA) is 49.1 Å². The second kappa shape index (κ2) is 6.24. The van der Waals surface area contributed by atoms with Crippen LogP contribution in [0, 0.1) is 0 Å². The highest BCUT2D eigenvalue weighted by molar-refractivity contribution is 6.29. The van der Waals surface area contributed by atoms with Gasteiger partial charge in [-0.25, -0.2) is 9.78 Å². The van der Waals surface area contributed by atoms with E-state index < -0.39 is 5.60 Å². The molecule has 1 aliphatic rings. The van der Waals surface area contributed by atoms with E-state index in [4.69, 9.17) is 16.3 Å². The zero-order chi connectivity index (χ0) is 20.4. The number of aryl methyl sites for hydroxylation is 2. The van der Waals surface area contributed by atoms with Crippen molar-refractivity contribution in [2.75, 3.05) is 0 Å². The minimum Gasteiger partial charge on any atom is -0.483 e. The van der Waals surface area contributed by atoms with E-state index in [1.807, 2.05) is 27.9 Å². The predicted octanol–water partition coefficient (Wildman–Crippen LogP) is 4.65. The van der Waals surface area contributed by atoms with Crippen LogP contribution in [0.2, 0.25) is 5.15 Å². The van der Waals surface area contributed by atoms with Gasteiger partial charge in [0.25, 0.3) is 0 Å². The molecule has 0 spiro atoms. The highest BCUT2D eigenvalue weighted by atomic mass is 35.5. The van der Waals surface area contributed by atoms with Crippen molar-refractivity contribution in [3.63, 3.8) is 0 Å². The molecule has 3 aromatic rings. The highest BCUT2D eigenvalue weighted by Crippen LogP contribution is 2.41. The van der Waals surface area contributed by atoms with Crippen LogP contribution in [-0.2, 0) is 14.1 Å². The molecule has 5 nitrogen and oxygen atoms in total. The van der Waals surface area contributed by atoms with Crippen molar-refractivity contribution in [1.82, 2.24) is 14.1 Å². The van der Waals surface area contributed by atoms with Crippen LogP contribution in [0.5, 0.6) is 5.75 Å². The van der Waals surface area contributed by atoms with E-state index in [-0.39, 0.29) is 11.6 Å². The average molecular weight is 398 g/mol. The Balaban J connectivity index is 2.05. The molecule has 146 valence electrons. The van der Waals surface area contributed by atoms with Gasteiger partial charge >= 0.3 is 5.69 Å². The standard InChI is InChI=1S/C22H24ClN3O2/c1-12(2)14-7-13(8-17-20(14)26(6)21(27)25(17)5)15-10-22(3,4)28-18-9-19(23)24-11-16(15)18/h7-12H,1-6H3. The summed E-state index contributed by atoms with van der Waals surface area (Å²) in [5.41, 5.74) is 5.51. The van der Waals surface area contributed by atoms with Gasteiger partial charge in [0.1, 0.15) is 16.5 Å². The number of benzene rings is 1. The second-order valence-corrected chi connectivity index (χ2v) is 8.64. The second-order valence-electron chi connectivity index (χ2n) is 8.26. The maximum Gasteiger partial charge on any atom is 0.328 e. The number of halogens is 1. The van der Waals surface area contributed by atoms with Crippen LogP contribution in [0.15, 0.2) is 35.3 Å². The Kier molecular flexibility index (Phi) is 4.19. The molecular weight excluding hydrogens is 374 g/mol. The van der Waals surface area contributed by atoms with Gasteiger partial charge in [0.15, 0.2) is 0 Å². The molecule has 2 aromatic heterocycles. The molecule has 1 aliphatic heterocycles. The number of hydrogen-bond donors (Lipinski definition) is 0. The summed E-state index contributed by atoms with van der Waals surface area (Å²) in [5.74, 6) is 0.988. The van der Waals surface area contributed by atoms with Gasteiger partial charge in [0.05, 0.1) is 11.0 Å². The van der Waals surface area contributed by atoms with Crippen LogP contribution in [-0.4, -0.2) is 19.7 Å². The summed E-state index contributed by atoms with van der Waals surface area (Å²) in [5, 5.41) is 0.402. The molecular formula is C22H24ClN3O2. The molecule has 6 heteroatoms. The lowest BCUT2D eigenvalue weighted by molar-refractivity contribution is 0.158. The molecule has 0 bridgehead atoms. The fraction of sp³-hybridized carbons (Fsp3) is 0.364. The number of ether oxygens (including phenoxy) is 1. The zero-order valence-electron chi connectivity index (χ0n) is 17.0. The van der Waals surface area contributed by atoms with Crippen molar-refractivity contribution in [2.24, 2.45) is 14.1 Å². The Morgan fingerprint density at radius 2 is 1.86 bits per heavy atom. The summed E-state index contributed by atoms with van der Waals surface area (Å²) in [6.45, 7) is 8.33. The number of fused-ring (bicyclic) bond motifs is 2. The van der Waals surface area contributed by atoms with Crippen LogP contribution < -0.4 is 10.4 Å². The summed E-state index contributed by atoms with van der Waals surface area (Å²) in [6.07, 6.45) is 3.86. The van der Waals surface area contributed by atoms with Crippen molar-refractivity contribution in [3.8, 4) is 5.75 Å². The molecule has 0 fully saturated rings. The number of nitrogens with zero attached hydrogens (tertiary/aromatic N) is 3. The lowest BCUT2D eigenvalue weighted by Gasteiger charge is -2.31. The molecule has 0 saturated heterocycles. The largest absolute Gasteiger partial charge is 0.483 e. The first-order valence-electron chi connectivity index (χ1n) is 9.36. The molecule has 0 N–H and O–H groups in total. The van der Waals surface area contributed by atoms with E-state index >= 15 is 0 Å². The first-order valence-corrected chi connectivity index (χ1v) is 9.74. The highest BCUT2D eigenvalue weighted by Gasteiger charge is 2.29. The van der Waals surface area contributed by atoms with Crippen molar-refractivity contribution < 1.29 is 4.74 Å². The first-order chi connectivity index (χ1) is 13.1. The third-order valence-electron chi connectivity index (χ3n) is 5.31. The fourth-order valence-corrected chi connectivity index (χ4v) is 4.11. The van der Waals surface area contributed by atoms with E-state index in [1.54, 1.807) is 21.4 Å². The molecule has 0 atom stereocenters. The van der Waals surface area contributed by atoms with E-state index in [0.717, 1.165) is 39.0 Å². The summed E-state index contributed by atoms with van der Waals surface area (Å²) in [6, 6.07) is 6.01. The summed E-state index contributed by atoms with van der Waals surface area (Å²) in [7, 11) is 3.64. The molecule has 3 heterocycles. The molecule has 1 aromatic carbocycles. The third-order valence-corrected chi connectivity index (χ3v) is 5.52. The van der Waals surface area contributed by atoms with Gasteiger partial charge in [0, 0.05) is 31.9 Å². The maximum atomic E-state index is 12.6. The number of rotatable bonds is 2. The van der Waals surface area contributed by atoms with Crippen molar-refractivity contribution in [1.29, 1.82) is 0 Å². The number of imidazole rings is 1. The van der Waals surface area contributed by atoms with Crippen LogP contribution in [0.1, 0.15) is 50.3 Å². The molecule has 0 saturated carbocycles. The van der Waals surface area contributed by atoms with Crippen LogP contribution in [0.3, 0.4) is 0 Å². The summed E-state index contributed by atoms with van der Waals surface area (Å²) >= 11 is 6.10. The average Bonchev–Trinajstić information content (AvgIpc) is 2.83. The quantitative estimate of drug-likeness (QED) is 0.591. The summed E-state index contributed by atoms with van der Waals surface area (Å²) in [4.78, 5) is 16.8. The van der Waals surface area contributed by atoms with Crippen LogP contribution in [0.25, 0.3) is 16.6 Å². The van der Waals surface area contributed by atoms with Gasteiger partial charge in [-0.15, -0.1) is 0 Å². The van der Waals surface area contributed by atoms with Gasteiger partial charge in [-0.3, -0.25) is 9.13 Å². The number of hydrogen-bond acceptors (Lipinski definition) is 3. The Morgan fingerprint density at radius 1 is 1.14 bits per heavy atom. The van der Waals surface area contributed by atoms with Crippen molar-refractivity contribution in [3.05, 3.63) is 62.8 Å². The van der Waals surface area contributed by atoms with Gasteiger partial charge in [-0.1, -0.05) is 25.4 Å². The summed E-state index contributed by atoms with van der Waals surface area (Å²) < 4.78 is 9.54. The van der Waals surface area contributed by atoms with Gasteiger partial charge in [-0.2, -0.15) is 0 Å². The van der Waals surface area contributed by atoms with Crippen molar-refractivity contribution >= 4 is 28.2 Å². The minimum atomic E-state index is -0.484.